The number of aromatic nitrogens is 2. The normalized spacial score (nSPS) is 11.6. The molecule has 0 spiro atoms. The Morgan fingerprint density at radius 1 is 0.793 bits per heavy atom. The molecule has 2 N–H and O–H groups in total. The average molecular weight is 403 g/mol. The molecule has 2 nitrogen and oxygen atoms in total. The van der Waals surface area contributed by atoms with Gasteiger partial charge < -0.3 is 9.97 Å². The summed E-state index contributed by atoms with van der Waals surface area (Å²) in [4.78, 5) is 6.83. The second kappa shape index (κ2) is 6.78. The first-order valence-corrected chi connectivity index (χ1v) is 10.00. The zero-order valence-electron chi connectivity index (χ0n) is 16.2. The molecule has 0 amide bonds. The third kappa shape index (κ3) is 3.32. The Balaban J connectivity index is 1.54. The predicted molar refractivity (Wildman–Crippen MR) is 119 cm³/mol. The first-order chi connectivity index (χ1) is 14.0. The zero-order chi connectivity index (χ0) is 20.1. The van der Waals surface area contributed by atoms with Crippen LogP contribution >= 0.6 is 11.6 Å². The summed E-state index contributed by atoms with van der Waals surface area (Å²) >= 11 is 6.59. The van der Waals surface area contributed by atoms with Crippen LogP contribution in [0.4, 0.5) is 4.39 Å². The van der Waals surface area contributed by atoms with Crippen molar-refractivity contribution >= 4 is 33.4 Å². The van der Waals surface area contributed by atoms with Crippen LogP contribution in [0.5, 0.6) is 0 Å². The van der Waals surface area contributed by atoms with E-state index < -0.39 is 0 Å². The van der Waals surface area contributed by atoms with Crippen molar-refractivity contribution in [3.8, 4) is 11.3 Å². The molecule has 2 heterocycles. The van der Waals surface area contributed by atoms with Crippen molar-refractivity contribution in [3.05, 3.63) is 93.9 Å². The van der Waals surface area contributed by atoms with Crippen LogP contribution in [0.1, 0.15) is 22.4 Å². The highest BCUT2D eigenvalue weighted by atomic mass is 35.5. The molecule has 0 saturated carbocycles. The third-order valence-electron chi connectivity index (χ3n) is 5.60. The molecule has 29 heavy (non-hydrogen) atoms. The molecule has 0 radical (unpaired) electrons. The smallest absolute Gasteiger partial charge is 0.123 e. The van der Waals surface area contributed by atoms with Gasteiger partial charge in [-0.1, -0.05) is 29.8 Å². The quantitative estimate of drug-likeness (QED) is 0.317. The zero-order valence-corrected chi connectivity index (χ0v) is 17.0. The molecular weight excluding hydrogens is 383 g/mol. The molecular formula is C25H20ClFN2. The molecule has 2 aromatic heterocycles. The summed E-state index contributed by atoms with van der Waals surface area (Å²) in [7, 11) is 0. The van der Waals surface area contributed by atoms with Crippen molar-refractivity contribution in [1.29, 1.82) is 0 Å². The minimum atomic E-state index is -0.244. The molecule has 0 aliphatic rings. The lowest BCUT2D eigenvalue weighted by molar-refractivity contribution is 0.630. The van der Waals surface area contributed by atoms with Crippen molar-refractivity contribution in [2.75, 3.05) is 0 Å². The number of hydrogen-bond acceptors (Lipinski definition) is 0. The van der Waals surface area contributed by atoms with Crippen molar-refractivity contribution in [2.24, 2.45) is 0 Å². The monoisotopic (exact) mass is 402 g/mol. The molecule has 4 heteroatoms. The number of benzene rings is 3. The second-order valence-electron chi connectivity index (χ2n) is 7.72. The SMILES string of the molecule is Cc1ccc(Cc2cc3cc(-c4cc5cc(F)ccc5[nH]4)c(Cl)cc3[nH]2)cc1C. The van der Waals surface area contributed by atoms with E-state index in [1.165, 1.54) is 28.8 Å². The molecule has 0 fully saturated rings. The van der Waals surface area contributed by atoms with Crippen LogP contribution in [-0.4, -0.2) is 9.97 Å². The van der Waals surface area contributed by atoms with Gasteiger partial charge in [-0.05, 0) is 73.0 Å². The van der Waals surface area contributed by atoms with Gasteiger partial charge in [-0.25, -0.2) is 4.39 Å². The molecule has 3 aromatic carbocycles. The largest absolute Gasteiger partial charge is 0.358 e. The molecule has 0 bridgehead atoms. The van der Waals surface area contributed by atoms with Gasteiger partial charge in [0.25, 0.3) is 0 Å². The molecule has 5 aromatic rings. The average Bonchev–Trinajstić information content (AvgIpc) is 3.26. The maximum absolute atomic E-state index is 13.5. The highest BCUT2D eigenvalue weighted by Gasteiger charge is 2.12. The van der Waals surface area contributed by atoms with E-state index in [1.807, 2.05) is 12.1 Å². The van der Waals surface area contributed by atoms with Crippen LogP contribution in [0, 0.1) is 19.7 Å². The lowest BCUT2D eigenvalue weighted by Crippen LogP contribution is -1.90. The fraction of sp³-hybridized carbons (Fsp3) is 0.120. The Hall–Kier alpha value is -3.04. The fourth-order valence-electron chi connectivity index (χ4n) is 3.90. The van der Waals surface area contributed by atoms with Crippen LogP contribution in [0.2, 0.25) is 5.02 Å². The van der Waals surface area contributed by atoms with E-state index in [2.05, 4.69) is 54.1 Å². The molecule has 5 rings (SSSR count). The van der Waals surface area contributed by atoms with Gasteiger partial charge in [0.2, 0.25) is 0 Å². The van der Waals surface area contributed by atoms with Crippen molar-refractivity contribution in [2.45, 2.75) is 20.3 Å². The van der Waals surface area contributed by atoms with E-state index in [9.17, 15) is 4.39 Å². The number of rotatable bonds is 3. The fourth-order valence-corrected chi connectivity index (χ4v) is 4.16. The third-order valence-corrected chi connectivity index (χ3v) is 5.92. The number of hydrogen-bond donors (Lipinski definition) is 2. The number of aromatic amines is 2. The van der Waals surface area contributed by atoms with Gasteiger partial charge in [0.1, 0.15) is 5.82 Å². The number of halogens is 2. The Morgan fingerprint density at radius 2 is 1.62 bits per heavy atom. The van der Waals surface area contributed by atoms with E-state index in [0.29, 0.717) is 5.02 Å². The molecule has 0 atom stereocenters. The van der Waals surface area contributed by atoms with Crippen LogP contribution in [0.3, 0.4) is 0 Å². The Kier molecular flexibility index (Phi) is 4.21. The minimum absolute atomic E-state index is 0.244. The highest BCUT2D eigenvalue weighted by Crippen LogP contribution is 2.34. The van der Waals surface area contributed by atoms with Crippen LogP contribution in [-0.2, 0) is 6.42 Å². The summed E-state index contributed by atoms with van der Waals surface area (Å²) in [5.74, 6) is -0.244. The molecule has 144 valence electrons. The minimum Gasteiger partial charge on any atom is -0.358 e. The summed E-state index contributed by atoms with van der Waals surface area (Å²) in [5, 5.41) is 2.60. The number of nitrogens with one attached hydrogen (secondary N) is 2. The number of H-pyrrole nitrogens is 2. The first kappa shape index (κ1) is 18.0. The van der Waals surface area contributed by atoms with E-state index >= 15 is 0 Å². The maximum Gasteiger partial charge on any atom is 0.123 e. The molecule has 0 unspecified atom stereocenters. The van der Waals surface area contributed by atoms with Gasteiger partial charge in [0.15, 0.2) is 0 Å². The molecule has 0 aliphatic heterocycles. The lowest BCUT2D eigenvalue weighted by atomic mass is 10.0. The lowest BCUT2D eigenvalue weighted by Gasteiger charge is -2.04. The van der Waals surface area contributed by atoms with Gasteiger partial charge in [-0.3, -0.25) is 0 Å². The van der Waals surface area contributed by atoms with E-state index in [1.54, 1.807) is 6.07 Å². The van der Waals surface area contributed by atoms with Gasteiger partial charge in [-0.2, -0.15) is 0 Å². The highest BCUT2D eigenvalue weighted by molar-refractivity contribution is 6.34. The van der Waals surface area contributed by atoms with E-state index in [4.69, 9.17) is 11.6 Å². The predicted octanol–water partition coefficient (Wildman–Crippen LogP) is 7.32. The van der Waals surface area contributed by atoms with Gasteiger partial charge in [-0.15, -0.1) is 0 Å². The van der Waals surface area contributed by atoms with Crippen molar-refractivity contribution < 1.29 is 4.39 Å². The molecule has 0 aliphatic carbocycles. The maximum atomic E-state index is 13.5. The molecule has 0 saturated heterocycles. The topological polar surface area (TPSA) is 31.6 Å². The summed E-state index contributed by atoms with van der Waals surface area (Å²) in [6, 6.07) is 19.5. The van der Waals surface area contributed by atoms with E-state index in [-0.39, 0.29) is 5.82 Å². The van der Waals surface area contributed by atoms with Crippen molar-refractivity contribution in [1.82, 2.24) is 9.97 Å². The summed E-state index contributed by atoms with van der Waals surface area (Å²) in [6.07, 6.45) is 0.842. The van der Waals surface area contributed by atoms with Crippen LogP contribution in [0.15, 0.2) is 60.7 Å². The summed E-state index contributed by atoms with van der Waals surface area (Å²) in [5.41, 5.74) is 8.74. The Morgan fingerprint density at radius 3 is 2.45 bits per heavy atom. The summed E-state index contributed by atoms with van der Waals surface area (Å²) in [6.45, 7) is 4.27. The van der Waals surface area contributed by atoms with Crippen LogP contribution < -0.4 is 0 Å². The van der Waals surface area contributed by atoms with Gasteiger partial charge >= 0.3 is 0 Å². The number of fused-ring (bicyclic) bond motifs is 2. The summed E-state index contributed by atoms with van der Waals surface area (Å²) < 4.78 is 13.5. The van der Waals surface area contributed by atoms with Gasteiger partial charge in [0.05, 0.1) is 5.02 Å². The Bertz CT molecular complexity index is 1380. The standard InChI is InChI=1S/C25H20ClFN2/c1-14-3-4-16(7-15(14)2)8-20-10-18-11-21(22(26)13-24(18)28-20)25-12-17-9-19(27)5-6-23(17)29-25/h3-7,9-13,28-29H,8H2,1-2H3. The van der Waals surface area contributed by atoms with Crippen LogP contribution in [0.25, 0.3) is 33.1 Å². The first-order valence-electron chi connectivity index (χ1n) is 9.62. The van der Waals surface area contributed by atoms with Gasteiger partial charge in [0, 0.05) is 45.2 Å². The second-order valence-corrected chi connectivity index (χ2v) is 8.13. The Labute approximate surface area is 173 Å². The van der Waals surface area contributed by atoms with E-state index in [0.717, 1.165) is 45.2 Å². The van der Waals surface area contributed by atoms with Crippen molar-refractivity contribution in [3.63, 3.8) is 0 Å². The number of aryl methyl sites for hydroxylation is 2.